The minimum Gasteiger partial charge on any atom is -0.347 e. The lowest BCUT2D eigenvalue weighted by atomic mass is 10.1. The number of hydrogen-bond acceptors (Lipinski definition) is 7. The van der Waals surface area contributed by atoms with Gasteiger partial charge in [-0.15, -0.1) is 5.10 Å². The highest BCUT2D eigenvalue weighted by Crippen LogP contribution is 2.25. The van der Waals surface area contributed by atoms with Crippen LogP contribution in [-0.2, 0) is 13.0 Å². The van der Waals surface area contributed by atoms with E-state index in [2.05, 4.69) is 38.3 Å². The van der Waals surface area contributed by atoms with Crippen LogP contribution < -0.4 is 4.90 Å². The van der Waals surface area contributed by atoms with Gasteiger partial charge in [-0.1, -0.05) is 30.3 Å². The summed E-state index contributed by atoms with van der Waals surface area (Å²) in [5.41, 5.74) is 5.44. The van der Waals surface area contributed by atoms with E-state index in [1.54, 1.807) is 10.7 Å². The van der Waals surface area contributed by atoms with E-state index in [1.807, 2.05) is 67.7 Å². The van der Waals surface area contributed by atoms with Crippen molar-refractivity contribution in [3.63, 3.8) is 0 Å². The van der Waals surface area contributed by atoms with E-state index < -0.39 is 0 Å². The lowest BCUT2D eigenvalue weighted by Crippen LogP contribution is -2.13. The zero-order valence-electron chi connectivity index (χ0n) is 17.7. The number of nitriles is 1. The molecule has 0 aliphatic heterocycles. The minimum absolute atomic E-state index is 0.531. The fraction of sp³-hybridized carbons (Fsp3) is 0.217. The topological polar surface area (TPSA) is 96.4 Å². The average Bonchev–Trinajstić information content (AvgIpc) is 3.27. The van der Waals surface area contributed by atoms with Gasteiger partial charge in [0.15, 0.2) is 0 Å². The van der Waals surface area contributed by atoms with E-state index in [-0.39, 0.29) is 0 Å². The fourth-order valence-corrected chi connectivity index (χ4v) is 3.13. The van der Waals surface area contributed by atoms with Crippen LogP contribution in [0.15, 0.2) is 54.7 Å². The van der Waals surface area contributed by atoms with E-state index in [0.29, 0.717) is 29.4 Å². The molecule has 4 aromatic rings. The van der Waals surface area contributed by atoms with Crippen LogP contribution in [0, 0.1) is 11.3 Å². The second kappa shape index (κ2) is 8.71. The molecule has 0 N–H and O–H groups in total. The first-order valence-electron chi connectivity index (χ1n) is 9.98. The van der Waals surface area contributed by atoms with Crippen LogP contribution in [0.25, 0.3) is 22.6 Å². The van der Waals surface area contributed by atoms with Crippen LogP contribution in [0.3, 0.4) is 0 Å². The van der Waals surface area contributed by atoms with Gasteiger partial charge in [-0.05, 0) is 36.8 Å². The van der Waals surface area contributed by atoms with Crippen LogP contribution in [0.1, 0.15) is 23.9 Å². The summed E-state index contributed by atoms with van der Waals surface area (Å²) in [5, 5.41) is 17.8. The maximum atomic E-state index is 9.22. The molecular weight excluding hydrogens is 388 g/mol. The summed E-state index contributed by atoms with van der Waals surface area (Å²) in [6.45, 7) is 2.62. The predicted molar refractivity (Wildman–Crippen MR) is 118 cm³/mol. The molecule has 0 spiro atoms. The van der Waals surface area contributed by atoms with Gasteiger partial charge >= 0.3 is 0 Å². The lowest BCUT2D eigenvalue weighted by Gasteiger charge is -2.13. The van der Waals surface area contributed by atoms with Crippen LogP contribution >= 0.6 is 0 Å². The third kappa shape index (κ3) is 4.56. The van der Waals surface area contributed by atoms with Gasteiger partial charge in [-0.25, -0.2) is 14.6 Å². The molecule has 4 rings (SSSR count). The Hall–Kier alpha value is -4.12. The first kappa shape index (κ1) is 20.2. The number of benzene rings is 1. The van der Waals surface area contributed by atoms with Crippen molar-refractivity contribution in [3.05, 3.63) is 71.7 Å². The standard InChI is InChI=1S/C23H22N8/c1-4-18-9-6-10-19(25-18)14-31-15-22(28-29-31)21-12-20(26-23(27-21)30(2)3)17-8-5-7-16(11-17)13-24/h5-12,15H,4,14H2,1-3H3. The third-order valence-corrected chi connectivity index (χ3v) is 4.75. The summed E-state index contributed by atoms with van der Waals surface area (Å²) >= 11 is 0. The number of hydrogen-bond donors (Lipinski definition) is 0. The zero-order chi connectivity index (χ0) is 21.8. The van der Waals surface area contributed by atoms with Gasteiger partial charge in [-0.2, -0.15) is 5.26 Å². The number of pyridine rings is 1. The van der Waals surface area contributed by atoms with Crippen molar-refractivity contribution in [2.45, 2.75) is 19.9 Å². The van der Waals surface area contributed by atoms with Crippen molar-refractivity contribution < 1.29 is 0 Å². The minimum atomic E-state index is 0.531. The number of aromatic nitrogens is 6. The van der Waals surface area contributed by atoms with Crippen LogP contribution in [0.5, 0.6) is 0 Å². The molecule has 0 saturated carbocycles. The fourth-order valence-electron chi connectivity index (χ4n) is 3.13. The first-order valence-corrected chi connectivity index (χ1v) is 9.98. The summed E-state index contributed by atoms with van der Waals surface area (Å²) in [7, 11) is 3.77. The van der Waals surface area contributed by atoms with Crippen molar-refractivity contribution >= 4 is 5.95 Å². The summed E-state index contributed by atoms with van der Waals surface area (Å²) in [6, 6.07) is 17.4. The summed E-state index contributed by atoms with van der Waals surface area (Å²) < 4.78 is 1.75. The van der Waals surface area contributed by atoms with Crippen molar-refractivity contribution in [3.8, 4) is 28.7 Å². The molecule has 0 radical (unpaired) electrons. The quantitative estimate of drug-likeness (QED) is 0.481. The molecule has 1 aromatic carbocycles. The first-order chi connectivity index (χ1) is 15.1. The van der Waals surface area contributed by atoms with Crippen LogP contribution in [0.4, 0.5) is 5.95 Å². The number of rotatable bonds is 6. The maximum Gasteiger partial charge on any atom is 0.225 e. The molecule has 0 aliphatic carbocycles. The molecule has 0 fully saturated rings. The van der Waals surface area contributed by atoms with Gasteiger partial charge in [0, 0.05) is 25.4 Å². The SMILES string of the molecule is CCc1cccc(Cn2cc(-c3cc(-c4cccc(C#N)c4)nc(N(C)C)n3)nn2)n1. The Morgan fingerprint density at radius 1 is 0.935 bits per heavy atom. The summed E-state index contributed by atoms with van der Waals surface area (Å²) in [5.74, 6) is 0.557. The molecule has 8 heteroatoms. The summed E-state index contributed by atoms with van der Waals surface area (Å²) in [6.07, 6.45) is 2.75. The normalized spacial score (nSPS) is 10.6. The van der Waals surface area contributed by atoms with E-state index in [0.717, 1.165) is 29.1 Å². The molecule has 0 amide bonds. The van der Waals surface area contributed by atoms with Gasteiger partial charge in [0.25, 0.3) is 0 Å². The van der Waals surface area contributed by atoms with E-state index in [4.69, 9.17) is 0 Å². The van der Waals surface area contributed by atoms with Gasteiger partial charge < -0.3 is 4.90 Å². The summed E-state index contributed by atoms with van der Waals surface area (Å²) in [4.78, 5) is 15.7. The highest BCUT2D eigenvalue weighted by Gasteiger charge is 2.13. The smallest absolute Gasteiger partial charge is 0.225 e. The molecule has 0 bridgehead atoms. The third-order valence-electron chi connectivity index (χ3n) is 4.75. The monoisotopic (exact) mass is 410 g/mol. The van der Waals surface area contributed by atoms with Crippen LogP contribution in [0.2, 0.25) is 0 Å². The van der Waals surface area contributed by atoms with E-state index >= 15 is 0 Å². The van der Waals surface area contributed by atoms with Crippen molar-refractivity contribution in [2.75, 3.05) is 19.0 Å². The average molecular weight is 410 g/mol. The Morgan fingerprint density at radius 2 is 1.71 bits per heavy atom. The Labute approximate surface area is 180 Å². The Balaban J connectivity index is 1.69. The molecule has 31 heavy (non-hydrogen) atoms. The molecule has 8 nitrogen and oxygen atoms in total. The Morgan fingerprint density at radius 3 is 2.48 bits per heavy atom. The second-order valence-corrected chi connectivity index (χ2v) is 7.30. The highest BCUT2D eigenvalue weighted by molar-refractivity contribution is 5.68. The molecule has 154 valence electrons. The zero-order valence-corrected chi connectivity index (χ0v) is 17.7. The molecule has 3 aromatic heterocycles. The van der Waals surface area contributed by atoms with E-state index in [9.17, 15) is 5.26 Å². The number of anilines is 1. The van der Waals surface area contributed by atoms with Crippen LogP contribution in [-0.4, -0.2) is 44.0 Å². The van der Waals surface area contributed by atoms with E-state index in [1.165, 1.54) is 0 Å². The van der Waals surface area contributed by atoms with Gasteiger partial charge in [0.1, 0.15) is 5.69 Å². The molecule has 3 heterocycles. The van der Waals surface area contributed by atoms with Gasteiger partial charge in [-0.3, -0.25) is 4.98 Å². The molecule has 0 atom stereocenters. The lowest BCUT2D eigenvalue weighted by molar-refractivity contribution is 0.636. The largest absolute Gasteiger partial charge is 0.347 e. The van der Waals surface area contributed by atoms with Crippen molar-refractivity contribution in [2.24, 2.45) is 0 Å². The maximum absolute atomic E-state index is 9.22. The van der Waals surface area contributed by atoms with Crippen molar-refractivity contribution in [1.29, 1.82) is 5.26 Å². The van der Waals surface area contributed by atoms with Gasteiger partial charge in [0.05, 0.1) is 41.5 Å². The molecule has 0 saturated heterocycles. The Kier molecular flexibility index (Phi) is 5.67. The van der Waals surface area contributed by atoms with Gasteiger partial charge in [0.2, 0.25) is 5.95 Å². The van der Waals surface area contributed by atoms with Crippen molar-refractivity contribution in [1.82, 2.24) is 29.9 Å². The number of aryl methyl sites for hydroxylation is 1. The Bertz CT molecular complexity index is 1250. The number of nitrogens with zero attached hydrogens (tertiary/aromatic N) is 8. The molecule has 0 unspecified atom stereocenters. The predicted octanol–water partition coefficient (Wildman–Crippen LogP) is 3.35. The molecular formula is C23H22N8. The second-order valence-electron chi connectivity index (χ2n) is 7.30. The molecule has 0 aliphatic rings. The highest BCUT2D eigenvalue weighted by atomic mass is 15.4.